The molecule has 102 valence electrons. The van der Waals surface area contributed by atoms with Gasteiger partial charge in [-0.1, -0.05) is 57.4 Å². The van der Waals surface area contributed by atoms with E-state index in [4.69, 9.17) is 0 Å². The van der Waals surface area contributed by atoms with Gasteiger partial charge in [0.2, 0.25) is 11.6 Å². The summed E-state index contributed by atoms with van der Waals surface area (Å²) in [6.07, 6.45) is 6.45. The molecule has 2 heteroatoms. The molecule has 0 aliphatic heterocycles. The SMILES string of the molecule is CC(C)C(=O)C(=O)c1ccc(C2CCCCC2)cc1. The molecule has 1 aromatic rings. The van der Waals surface area contributed by atoms with Crippen LogP contribution in [-0.4, -0.2) is 11.6 Å². The summed E-state index contributed by atoms with van der Waals surface area (Å²) in [5.74, 6) is -0.250. The van der Waals surface area contributed by atoms with Crippen LogP contribution in [0, 0.1) is 5.92 Å². The first-order chi connectivity index (χ1) is 9.09. The van der Waals surface area contributed by atoms with Crippen LogP contribution in [0.3, 0.4) is 0 Å². The van der Waals surface area contributed by atoms with E-state index in [2.05, 4.69) is 0 Å². The first-order valence-electron chi connectivity index (χ1n) is 7.28. The predicted octanol–water partition coefficient (Wildman–Crippen LogP) is 4.14. The second-order valence-corrected chi connectivity index (χ2v) is 5.81. The normalized spacial score (nSPS) is 16.6. The second kappa shape index (κ2) is 6.14. The molecule has 1 fully saturated rings. The van der Waals surface area contributed by atoms with E-state index >= 15 is 0 Å². The Balaban J connectivity index is 2.09. The molecule has 19 heavy (non-hydrogen) atoms. The van der Waals surface area contributed by atoms with Gasteiger partial charge in [-0.2, -0.15) is 0 Å². The minimum absolute atomic E-state index is 0.231. The summed E-state index contributed by atoms with van der Waals surface area (Å²) >= 11 is 0. The molecular formula is C17H22O2. The zero-order valence-electron chi connectivity index (χ0n) is 11.8. The number of ketones is 2. The van der Waals surface area contributed by atoms with Crippen LogP contribution in [0.5, 0.6) is 0 Å². The lowest BCUT2D eigenvalue weighted by Crippen LogP contribution is -2.19. The monoisotopic (exact) mass is 258 g/mol. The van der Waals surface area contributed by atoms with Crippen LogP contribution in [0.2, 0.25) is 0 Å². The first kappa shape index (κ1) is 14.0. The third kappa shape index (κ3) is 3.31. The smallest absolute Gasteiger partial charge is 0.228 e. The fourth-order valence-corrected chi connectivity index (χ4v) is 2.75. The maximum atomic E-state index is 11.9. The van der Waals surface area contributed by atoms with Gasteiger partial charge in [0, 0.05) is 11.5 Å². The number of carbonyl (C=O) groups excluding carboxylic acids is 2. The number of Topliss-reactive ketones (excluding diaryl/α,β-unsaturated/α-hetero) is 2. The van der Waals surface area contributed by atoms with Crippen molar-refractivity contribution in [3.05, 3.63) is 35.4 Å². The lowest BCUT2D eigenvalue weighted by Gasteiger charge is -2.22. The summed E-state index contributed by atoms with van der Waals surface area (Å²) in [5, 5.41) is 0. The molecule has 0 spiro atoms. The molecule has 1 aliphatic carbocycles. The highest BCUT2D eigenvalue weighted by atomic mass is 16.2. The van der Waals surface area contributed by atoms with E-state index in [0.29, 0.717) is 11.5 Å². The van der Waals surface area contributed by atoms with Crippen molar-refractivity contribution in [2.24, 2.45) is 5.92 Å². The van der Waals surface area contributed by atoms with Crippen LogP contribution in [0.15, 0.2) is 24.3 Å². The molecule has 1 aliphatic rings. The first-order valence-corrected chi connectivity index (χ1v) is 7.28. The van der Waals surface area contributed by atoms with Gasteiger partial charge in [0.1, 0.15) is 0 Å². The van der Waals surface area contributed by atoms with Crippen LogP contribution in [0.1, 0.15) is 67.8 Å². The zero-order chi connectivity index (χ0) is 13.8. The molecule has 2 nitrogen and oxygen atoms in total. The molecule has 0 N–H and O–H groups in total. The van der Waals surface area contributed by atoms with Gasteiger partial charge in [-0.15, -0.1) is 0 Å². The van der Waals surface area contributed by atoms with E-state index in [1.807, 2.05) is 24.3 Å². The van der Waals surface area contributed by atoms with Crippen molar-refractivity contribution in [3.8, 4) is 0 Å². The van der Waals surface area contributed by atoms with E-state index in [1.165, 1.54) is 37.7 Å². The fraction of sp³-hybridized carbons (Fsp3) is 0.529. The van der Waals surface area contributed by atoms with E-state index in [9.17, 15) is 9.59 Å². The second-order valence-electron chi connectivity index (χ2n) is 5.81. The van der Waals surface area contributed by atoms with Crippen LogP contribution >= 0.6 is 0 Å². The Kier molecular flexibility index (Phi) is 4.52. The highest BCUT2D eigenvalue weighted by Crippen LogP contribution is 2.32. The van der Waals surface area contributed by atoms with Gasteiger partial charge in [-0.3, -0.25) is 9.59 Å². The maximum absolute atomic E-state index is 11.9. The summed E-state index contributed by atoms with van der Waals surface area (Å²) in [6, 6.07) is 7.67. The van der Waals surface area contributed by atoms with Crippen LogP contribution < -0.4 is 0 Å². The Morgan fingerprint density at radius 2 is 1.58 bits per heavy atom. The summed E-state index contributed by atoms with van der Waals surface area (Å²) in [6.45, 7) is 3.52. The van der Waals surface area contributed by atoms with Gasteiger partial charge in [0.25, 0.3) is 0 Å². The van der Waals surface area contributed by atoms with Crippen molar-refractivity contribution in [1.82, 2.24) is 0 Å². The summed E-state index contributed by atoms with van der Waals surface area (Å²) < 4.78 is 0. The lowest BCUT2D eigenvalue weighted by atomic mass is 9.83. The van der Waals surface area contributed by atoms with Crippen molar-refractivity contribution in [1.29, 1.82) is 0 Å². The third-order valence-corrected chi connectivity index (χ3v) is 4.00. The van der Waals surface area contributed by atoms with Gasteiger partial charge in [-0.25, -0.2) is 0 Å². The van der Waals surface area contributed by atoms with Gasteiger partial charge in [0.15, 0.2) is 0 Å². The highest BCUT2D eigenvalue weighted by molar-refractivity contribution is 6.44. The predicted molar refractivity (Wildman–Crippen MR) is 76.4 cm³/mol. The zero-order valence-corrected chi connectivity index (χ0v) is 11.8. The highest BCUT2D eigenvalue weighted by Gasteiger charge is 2.20. The standard InChI is InChI=1S/C17H22O2/c1-12(2)16(18)17(19)15-10-8-14(9-11-15)13-6-4-3-5-7-13/h8-13H,3-7H2,1-2H3. The Hall–Kier alpha value is -1.44. The van der Waals surface area contributed by atoms with Crippen molar-refractivity contribution >= 4 is 11.6 Å². The quantitative estimate of drug-likeness (QED) is 0.600. The van der Waals surface area contributed by atoms with Gasteiger partial charge in [0.05, 0.1) is 0 Å². The number of rotatable bonds is 4. The van der Waals surface area contributed by atoms with Crippen molar-refractivity contribution in [2.45, 2.75) is 51.9 Å². The van der Waals surface area contributed by atoms with Crippen LogP contribution in [0.4, 0.5) is 0 Å². The van der Waals surface area contributed by atoms with Crippen molar-refractivity contribution in [3.63, 3.8) is 0 Å². The Morgan fingerprint density at radius 1 is 1.00 bits per heavy atom. The number of benzene rings is 1. The average molecular weight is 258 g/mol. The summed E-state index contributed by atoms with van der Waals surface area (Å²) in [7, 11) is 0. The molecular weight excluding hydrogens is 236 g/mol. The maximum Gasteiger partial charge on any atom is 0.228 e. The van der Waals surface area contributed by atoms with Gasteiger partial charge >= 0.3 is 0 Å². The largest absolute Gasteiger partial charge is 0.290 e. The Labute approximate surface area is 115 Å². The van der Waals surface area contributed by atoms with E-state index in [-0.39, 0.29) is 17.5 Å². The molecule has 0 aromatic heterocycles. The molecule has 0 unspecified atom stereocenters. The van der Waals surface area contributed by atoms with E-state index in [0.717, 1.165) is 0 Å². The number of carbonyl (C=O) groups is 2. The molecule has 0 heterocycles. The van der Waals surface area contributed by atoms with Gasteiger partial charge in [-0.05, 0) is 24.3 Å². The van der Waals surface area contributed by atoms with Crippen LogP contribution in [0.25, 0.3) is 0 Å². The topological polar surface area (TPSA) is 34.1 Å². The molecule has 1 saturated carbocycles. The molecule has 0 radical (unpaired) electrons. The third-order valence-electron chi connectivity index (χ3n) is 4.00. The summed E-state index contributed by atoms with van der Waals surface area (Å²) in [5.41, 5.74) is 1.84. The Morgan fingerprint density at radius 3 is 2.11 bits per heavy atom. The van der Waals surface area contributed by atoms with Crippen molar-refractivity contribution in [2.75, 3.05) is 0 Å². The lowest BCUT2D eigenvalue weighted by molar-refractivity contribution is -0.117. The van der Waals surface area contributed by atoms with Crippen molar-refractivity contribution < 1.29 is 9.59 Å². The Bertz CT molecular complexity index is 451. The molecule has 1 aromatic carbocycles. The van der Waals surface area contributed by atoms with E-state index < -0.39 is 0 Å². The van der Waals surface area contributed by atoms with E-state index in [1.54, 1.807) is 13.8 Å². The average Bonchev–Trinajstić information content (AvgIpc) is 2.46. The molecule has 0 saturated heterocycles. The minimum atomic E-state index is -0.356. The fourth-order valence-electron chi connectivity index (χ4n) is 2.75. The molecule has 0 atom stereocenters. The minimum Gasteiger partial charge on any atom is -0.290 e. The molecule has 2 rings (SSSR count). The van der Waals surface area contributed by atoms with Gasteiger partial charge < -0.3 is 0 Å². The summed E-state index contributed by atoms with van der Waals surface area (Å²) in [4.78, 5) is 23.6. The number of hydrogen-bond donors (Lipinski definition) is 0. The number of hydrogen-bond acceptors (Lipinski definition) is 2. The molecule has 0 bridgehead atoms. The molecule has 0 amide bonds. The van der Waals surface area contributed by atoms with Crippen LogP contribution in [-0.2, 0) is 4.79 Å².